The van der Waals surface area contributed by atoms with E-state index >= 15 is 0 Å². The molecule has 1 aliphatic rings. The van der Waals surface area contributed by atoms with Crippen molar-refractivity contribution in [2.24, 2.45) is 0 Å². The summed E-state index contributed by atoms with van der Waals surface area (Å²) in [6.45, 7) is 4.54. The highest BCUT2D eigenvalue weighted by atomic mass is 16.2. The molecule has 1 aliphatic heterocycles. The van der Waals surface area contributed by atoms with Crippen molar-refractivity contribution in [1.29, 1.82) is 0 Å². The van der Waals surface area contributed by atoms with Crippen molar-refractivity contribution in [2.45, 2.75) is 39.2 Å². The van der Waals surface area contributed by atoms with Crippen LogP contribution in [-0.2, 0) is 9.59 Å². The molecule has 1 aromatic heterocycles. The number of hydrogen-bond donors (Lipinski definition) is 1. The van der Waals surface area contributed by atoms with Gasteiger partial charge in [0.15, 0.2) is 0 Å². The van der Waals surface area contributed by atoms with Gasteiger partial charge in [-0.05, 0) is 50.3 Å². The maximum Gasteiger partial charge on any atom is 0.313 e. The van der Waals surface area contributed by atoms with E-state index in [1.807, 2.05) is 32.0 Å². The van der Waals surface area contributed by atoms with Crippen LogP contribution in [0.4, 0.5) is 5.69 Å². The van der Waals surface area contributed by atoms with Crippen LogP contribution in [0, 0.1) is 13.8 Å². The third kappa shape index (κ3) is 4.05. The number of benzene rings is 1. The first-order valence-corrected chi connectivity index (χ1v) is 8.65. The molecule has 5 heteroatoms. The zero-order chi connectivity index (χ0) is 17.8. The fourth-order valence-corrected chi connectivity index (χ4v) is 3.34. The second kappa shape index (κ2) is 7.47. The van der Waals surface area contributed by atoms with Crippen LogP contribution in [0.15, 0.2) is 42.7 Å². The van der Waals surface area contributed by atoms with Crippen LogP contribution >= 0.6 is 0 Å². The summed E-state index contributed by atoms with van der Waals surface area (Å²) < 4.78 is 0. The van der Waals surface area contributed by atoms with Gasteiger partial charge in [0.05, 0.1) is 17.9 Å². The molecular weight excluding hydrogens is 314 g/mol. The molecule has 0 spiro atoms. The largest absolute Gasteiger partial charge is 0.327 e. The summed E-state index contributed by atoms with van der Waals surface area (Å²) in [4.78, 5) is 30.9. The van der Waals surface area contributed by atoms with E-state index in [4.69, 9.17) is 0 Å². The van der Waals surface area contributed by atoms with Gasteiger partial charge in [-0.25, -0.2) is 0 Å². The number of anilines is 1. The van der Waals surface area contributed by atoms with Gasteiger partial charge in [-0.3, -0.25) is 14.6 Å². The van der Waals surface area contributed by atoms with Gasteiger partial charge < -0.3 is 10.2 Å². The number of nitrogens with one attached hydrogen (secondary N) is 1. The maximum absolute atomic E-state index is 12.7. The first-order chi connectivity index (χ1) is 12.0. The molecule has 2 aromatic rings. The molecule has 1 fully saturated rings. The number of amides is 2. The Morgan fingerprint density at radius 3 is 2.72 bits per heavy atom. The normalized spacial score (nSPS) is 17.2. The van der Waals surface area contributed by atoms with Crippen LogP contribution in [0.5, 0.6) is 0 Å². The Hall–Kier alpha value is -2.69. The van der Waals surface area contributed by atoms with Crippen LogP contribution in [0.3, 0.4) is 0 Å². The summed E-state index contributed by atoms with van der Waals surface area (Å²) in [5.41, 5.74) is 3.73. The number of piperidine rings is 1. The monoisotopic (exact) mass is 337 g/mol. The lowest BCUT2D eigenvalue weighted by Gasteiger charge is -2.35. The van der Waals surface area contributed by atoms with Crippen molar-refractivity contribution in [3.63, 3.8) is 0 Å². The Kier molecular flexibility index (Phi) is 5.12. The zero-order valence-electron chi connectivity index (χ0n) is 14.7. The molecule has 1 saturated heterocycles. The molecule has 25 heavy (non-hydrogen) atoms. The molecule has 5 nitrogen and oxygen atoms in total. The van der Waals surface area contributed by atoms with E-state index in [1.165, 1.54) is 0 Å². The Labute approximate surface area is 148 Å². The summed E-state index contributed by atoms with van der Waals surface area (Å²) in [6.07, 6.45) is 6.12. The van der Waals surface area contributed by atoms with Crippen LogP contribution in [0.25, 0.3) is 0 Å². The zero-order valence-corrected chi connectivity index (χ0v) is 14.7. The van der Waals surface area contributed by atoms with E-state index < -0.39 is 11.8 Å². The highest BCUT2D eigenvalue weighted by Crippen LogP contribution is 2.31. The van der Waals surface area contributed by atoms with Crippen LogP contribution in [-0.4, -0.2) is 28.2 Å². The molecule has 1 N–H and O–H groups in total. The summed E-state index contributed by atoms with van der Waals surface area (Å²) in [5.74, 6) is -1.08. The molecule has 2 amide bonds. The van der Waals surface area contributed by atoms with Gasteiger partial charge in [0.2, 0.25) is 0 Å². The molecule has 0 saturated carbocycles. The van der Waals surface area contributed by atoms with Gasteiger partial charge in [-0.1, -0.05) is 29.8 Å². The van der Waals surface area contributed by atoms with Gasteiger partial charge in [-0.15, -0.1) is 0 Å². The molecule has 0 bridgehead atoms. The van der Waals surface area contributed by atoms with Gasteiger partial charge in [0.25, 0.3) is 0 Å². The quantitative estimate of drug-likeness (QED) is 0.855. The maximum atomic E-state index is 12.7. The van der Waals surface area contributed by atoms with E-state index in [9.17, 15) is 9.59 Å². The van der Waals surface area contributed by atoms with Crippen molar-refractivity contribution in [2.75, 3.05) is 11.9 Å². The van der Waals surface area contributed by atoms with E-state index in [-0.39, 0.29) is 6.04 Å². The minimum absolute atomic E-state index is 0.0393. The van der Waals surface area contributed by atoms with E-state index in [0.717, 1.165) is 36.0 Å². The SMILES string of the molecule is Cc1cncc(NC(=O)C(=O)N2CCCCC2c2cccc(C)c2)c1. The fraction of sp³-hybridized carbons (Fsp3) is 0.350. The molecule has 2 heterocycles. The number of hydrogen-bond acceptors (Lipinski definition) is 3. The average molecular weight is 337 g/mol. The first kappa shape index (κ1) is 17.1. The lowest BCUT2D eigenvalue weighted by molar-refractivity contribution is -0.145. The topological polar surface area (TPSA) is 62.3 Å². The minimum atomic E-state index is -0.605. The number of carbonyl (C=O) groups excluding carboxylic acids is 2. The number of carbonyl (C=O) groups is 2. The highest BCUT2D eigenvalue weighted by Gasteiger charge is 2.31. The molecule has 0 radical (unpaired) electrons. The molecule has 3 rings (SSSR count). The Bertz CT molecular complexity index is 788. The molecule has 130 valence electrons. The lowest BCUT2D eigenvalue weighted by atomic mass is 9.94. The summed E-state index contributed by atoms with van der Waals surface area (Å²) in [7, 11) is 0. The number of pyridine rings is 1. The molecule has 1 aromatic carbocycles. The van der Waals surface area contributed by atoms with Gasteiger partial charge >= 0.3 is 11.8 Å². The molecule has 1 unspecified atom stereocenters. The minimum Gasteiger partial charge on any atom is -0.327 e. The van der Waals surface area contributed by atoms with E-state index in [0.29, 0.717) is 12.2 Å². The summed E-state index contributed by atoms with van der Waals surface area (Å²) >= 11 is 0. The van der Waals surface area contributed by atoms with Crippen molar-refractivity contribution in [3.8, 4) is 0 Å². The first-order valence-electron chi connectivity index (χ1n) is 8.65. The van der Waals surface area contributed by atoms with E-state index in [1.54, 1.807) is 23.4 Å². The number of likely N-dealkylation sites (tertiary alicyclic amines) is 1. The number of aryl methyl sites for hydroxylation is 2. The average Bonchev–Trinajstić information content (AvgIpc) is 2.61. The van der Waals surface area contributed by atoms with Crippen LogP contribution < -0.4 is 5.32 Å². The standard InChI is InChI=1S/C20H23N3O2/c1-14-6-5-7-16(10-14)18-8-3-4-9-23(18)20(25)19(24)22-17-11-15(2)12-21-13-17/h5-7,10-13,18H,3-4,8-9H2,1-2H3,(H,22,24). The van der Waals surface area contributed by atoms with Crippen molar-refractivity contribution < 1.29 is 9.59 Å². The number of rotatable bonds is 2. The Morgan fingerprint density at radius 2 is 1.96 bits per heavy atom. The van der Waals surface area contributed by atoms with Crippen molar-refractivity contribution in [3.05, 3.63) is 59.4 Å². The second-order valence-corrected chi connectivity index (χ2v) is 6.63. The smallest absolute Gasteiger partial charge is 0.313 e. The lowest BCUT2D eigenvalue weighted by Crippen LogP contribution is -2.44. The third-order valence-corrected chi connectivity index (χ3v) is 4.52. The van der Waals surface area contributed by atoms with Crippen LogP contribution in [0.2, 0.25) is 0 Å². The highest BCUT2D eigenvalue weighted by molar-refractivity contribution is 6.39. The number of aromatic nitrogens is 1. The van der Waals surface area contributed by atoms with Crippen molar-refractivity contribution >= 4 is 17.5 Å². The number of nitrogens with zero attached hydrogens (tertiary/aromatic N) is 2. The predicted molar refractivity (Wildman–Crippen MR) is 97.1 cm³/mol. The second-order valence-electron chi connectivity index (χ2n) is 6.63. The Morgan fingerprint density at radius 1 is 1.12 bits per heavy atom. The van der Waals surface area contributed by atoms with Gasteiger partial charge in [0.1, 0.15) is 0 Å². The van der Waals surface area contributed by atoms with Gasteiger partial charge in [-0.2, -0.15) is 0 Å². The molecule has 0 aliphatic carbocycles. The van der Waals surface area contributed by atoms with Gasteiger partial charge in [0, 0.05) is 12.7 Å². The third-order valence-electron chi connectivity index (χ3n) is 4.52. The Balaban J connectivity index is 1.77. The van der Waals surface area contributed by atoms with Crippen LogP contribution in [0.1, 0.15) is 42.0 Å². The molecular formula is C20H23N3O2. The van der Waals surface area contributed by atoms with Crippen molar-refractivity contribution in [1.82, 2.24) is 9.88 Å². The molecule has 1 atom stereocenters. The fourth-order valence-electron chi connectivity index (χ4n) is 3.34. The summed E-state index contributed by atoms with van der Waals surface area (Å²) in [5, 5.41) is 2.67. The summed E-state index contributed by atoms with van der Waals surface area (Å²) in [6, 6.07) is 9.93. The van der Waals surface area contributed by atoms with E-state index in [2.05, 4.69) is 16.4 Å². The predicted octanol–water partition coefficient (Wildman–Crippen LogP) is 3.39.